The van der Waals surface area contributed by atoms with Gasteiger partial charge in [0, 0.05) is 27.7 Å². The van der Waals surface area contributed by atoms with Crippen molar-refractivity contribution in [2.24, 2.45) is 17.8 Å². The van der Waals surface area contributed by atoms with E-state index < -0.39 is 0 Å². The maximum atomic E-state index is 13.3. The fourth-order valence-electron chi connectivity index (χ4n) is 7.21. The Morgan fingerprint density at radius 2 is 1.62 bits per heavy atom. The number of benzene rings is 2. The highest BCUT2D eigenvalue weighted by Gasteiger charge is 2.51. The Labute approximate surface area is 232 Å². The van der Waals surface area contributed by atoms with E-state index in [2.05, 4.69) is 5.32 Å². The molecule has 0 saturated heterocycles. The van der Waals surface area contributed by atoms with Crippen LogP contribution in [0.5, 0.6) is 0 Å². The highest BCUT2D eigenvalue weighted by Crippen LogP contribution is 2.57. The first-order valence-corrected chi connectivity index (χ1v) is 14.2. The second-order valence-corrected chi connectivity index (χ2v) is 12.3. The molecule has 0 spiro atoms. The number of aromatic nitrogens is 2. The van der Waals surface area contributed by atoms with Gasteiger partial charge in [-0.2, -0.15) is 5.10 Å². The number of halogens is 3. The van der Waals surface area contributed by atoms with Crippen molar-refractivity contribution in [2.75, 3.05) is 13.2 Å². The minimum atomic E-state index is -0.231. The molecule has 8 heteroatoms. The molecule has 37 heavy (non-hydrogen) atoms. The van der Waals surface area contributed by atoms with Crippen molar-refractivity contribution in [3.8, 4) is 16.9 Å². The van der Waals surface area contributed by atoms with Crippen LogP contribution in [0.1, 0.15) is 54.6 Å². The number of amides is 1. The monoisotopic (exact) mass is 557 g/mol. The van der Waals surface area contributed by atoms with Gasteiger partial charge in [0.15, 0.2) is 5.69 Å². The average Bonchev–Trinajstić information content (AvgIpc) is 3.18. The maximum Gasteiger partial charge on any atom is 0.272 e. The van der Waals surface area contributed by atoms with Gasteiger partial charge in [-0.05, 0) is 93.5 Å². The highest BCUT2D eigenvalue weighted by atomic mass is 35.5. The third kappa shape index (κ3) is 4.92. The van der Waals surface area contributed by atoms with Crippen LogP contribution in [0.4, 0.5) is 0 Å². The van der Waals surface area contributed by atoms with Crippen molar-refractivity contribution >= 4 is 40.7 Å². The van der Waals surface area contributed by atoms with E-state index in [0.29, 0.717) is 39.6 Å². The zero-order valence-corrected chi connectivity index (χ0v) is 23.0. The van der Waals surface area contributed by atoms with Gasteiger partial charge in [-0.25, -0.2) is 4.68 Å². The lowest BCUT2D eigenvalue weighted by molar-refractivity contribution is -0.161. The number of carbonyl (C=O) groups excluding carboxylic acids is 1. The highest BCUT2D eigenvalue weighted by molar-refractivity contribution is 6.35. The predicted molar refractivity (Wildman–Crippen MR) is 148 cm³/mol. The SMILES string of the molecule is Cc1c(C(=O)NCCOC23CC4CC(CC(C4)C2)C3)nn(-c2ccc(Cl)cc2Cl)c1-c1ccc(Cl)cc1. The topological polar surface area (TPSA) is 56.1 Å². The molecule has 1 heterocycles. The summed E-state index contributed by atoms with van der Waals surface area (Å²) < 4.78 is 8.19. The van der Waals surface area contributed by atoms with Crippen LogP contribution < -0.4 is 5.32 Å². The molecule has 3 aromatic rings. The largest absolute Gasteiger partial charge is 0.373 e. The van der Waals surface area contributed by atoms with E-state index in [1.54, 1.807) is 22.9 Å². The van der Waals surface area contributed by atoms with Crippen LogP contribution in [0.25, 0.3) is 16.9 Å². The third-order valence-corrected chi connectivity index (χ3v) is 9.16. The minimum absolute atomic E-state index is 0.0318. The summed E-state index contributed by atoms with van der Waals surface area (Å²) in [6, 6.07) is 12.7. The van der Waals surface area contributed by atoms with Gasteiger partial charge in [-0.1, -0.05) is 46.9 Å². The molecule has 4 saturated carbocycles. The van der Waals surface area contributed by atoms with Crippen molar-refractivity contribution < 1.29 is 9.53 Å². The van der Waals surface area contributed by atoms with Crippen molar-refractivity contribution in [3.63, 3.8) is 0 Å². The lowest BCUT2D eigenvalue weighted by atomic mass is 9.54. The molecule has 4 bridgehead atoms. The molecular formula is C29H30Cl3N3O2. The van der Waals surface area contributed by atoms with E-state index in [4.69, 9.17) is 44.6 Å². The van der Waals surface area contributed by atoms with Crippen LogP contribution >= 0.6 is 34.8 Å². The molecule has 4 fully saturated rings. The number of hydrogen-bond acceptors (Lipinski definition) is 3. The van der Waals surface area contributed by atoms with E-state index in [0.717, 1.165) is 34.6 Å². The number of hydrogen-bond donors (Lipinski definition) is 1. The molecular weight excluding hydrogens is 529 g/mol. The van der Waals surface area contributed by atoms with Crippen molar-refractivity contribution in [3.05, 3.63) is 68.8 Å². The minimum Gasteiger partial charge on any atom is -0.373 e. The Hall–Kier alpha value is -2.05. The van der Waals surface area contributed by atoms with Gasteiger partial charge in [-0.15, -0.1) is 0 Å². The summed E-state index contributed by atoms with van der Waals surface area (Å²) in [5.41, 5.74) is 3.44. The molecule has 0 unspecified atom stereocenters. The number of carbonyl (C=O) groups is 1. The zero-order valence-electron chi connectivity index (χ0n) is 20.8. The summed E-state index contributed by atoms with van der Waals surface area (Å²) in [6.45, 7) is 2.87. The second kappa shape index (κ2) is 9.92. The van der Waals surface area contributed by atoms with Crippen LogP contribution in [-0.2, 0) is 4.74 Å². The average molecular weight is 559 g/mol. The number of rotatable bonds is 7. The smallest absolute Gasteiger partial charge is 0.272 e. The molecule has 0 aliphatic heterocycles. The number of nitrogens with one attached hydrogen (secondary N) is 1. The van der Waals surface area contributed by atoms with Gasteiger partial charge in [0.2, 0.25) is 0 Å². The Morgan fingerprint density at radius 3 is 2.24 bits per heavy atom. The van der Waals surface area contributed by atoms with Crippen LogP contribution in [0.3, 0.4) is 0 Å². The Morgan fingerprint density at radius 1 is 1.00 bits per heavy atom. The van der Waals surface area contributed by atoms with E-state index >= 15 is 0 Å². The molecule has 2 aromatic carbocycles. The van der Waals surface area contributed by atoms with Gasteiger partial charge in [0.05, 0.1) is 28.6 Å². The normalized spacial score (nSPS) is 26.0. The summed E-state index contributed by atoms with van der Waals surface area (Å²) in [6.07, 6.45) is 7.70. The molecule has 1 N–H and O–H groups in total. The molecule has 194 valence electrons. The fourth-order valence-corrected chi connectivity index (χ4v) is 7.82. The standard InChI is InChI=1S/C29H30Cl3N3O2/c1-17-26(28(36)33-8-9-37-29-14-18-10-19(15-29)12-20(11-18)16-29)34-35(25-7-6-23(31)13-24(25)32)27(17)21-2-4-22(30)5-3-21/h2-7,13,18-20H,8-12,14-16H2,1H3,(H,33,36). The first-order valence-electron chi connectivity index (χ1n) is 13.0. The summed E-state index contributed by atoms with van der Waals surface area (Å²) >= 11 is 18.8. The van der Waals surface area contributed by atoms with Gasteiger partial charge in [0.25, 0.3) is 5.91 Å². The second-order valence-electron chi connectivity index (χ2n) is 11.0. The molecule has 0 atom stereocenters. The molecule has 1 aromatic heterocycles. The van der Waals surface area contributed by atoms with Crippen LogP contribution in [0.2, 0.25) is 15.1 Å². The predicted octanol–water partition coefficient (Wildman–Crippen LogP) is 7.52. The number of ether oxygens (including phenoxy) is 1. The van der Waals surface area contributed by atoms with Crippen LogP contribution in [0, 0.1) is 24.7 Å². The van der Waals surface area contributed by atoms with Gasteiger partial charge in [-0.3, -0.25) is 4.79 Å². The zero-order chi connectivity index (χ0) is 25.7. The molecule has 1 amide bonds. The van der Waals surface area contributed by atoms with Crippen molar-refractivity contribution in [1.29, 1.82) is 0 Å². The third-order valence-electron chi connectivity index (χ3n) is 8.37. The summed E-state index contributed by atoms with van der Waals surface area (Å²) in [4.78, 5) is 13.3. The molecule has 4 aliphatic carbocycles. The lowest BCUT2D eigenvalue weighted by Crippen LogP contribution is -2.52. The Kier molecular flexibility index (Phi) is 6.77. The van der Waals surface area contributed by atoms with Crippen molar-refractivity contribution in [2.45, 2.75) is 51.0 Å². The van der Waals surface area contributed by atoms with E-state index in [1.807, 2.05) is 31.2 Å². The van der Waals surface area contributed by atoms with E-state index in [9.17, 15) is 4.79 Å². The first kappa shape index (κ1) is 25.2. The quantitative estimate of drug-likeness (QED) is 0.305. The van der Waals surface area contributed by atoms with Gasteiger partial charge < -0.3 is 10.1 Å². The Bertz CT molecular complexity index is 1300. The van der Waals surface area contributed by atoms with Gasteiger partial charge in [0.1, 0.15) is 0 Å². The Balaban J connectivity index is 1.21. The molecule has 5 nitrogen and oxygen atoms in total. The molecule has 7 rings (SSSR count). The molecule has 4 aliphatic rings. The van der Waals surface area contributed by atoms with E-state index in [1.165, 1.54) is 38.5 Å². The summed E-state index contributed by atoms with van der Waals surface area (Å²) in [5.74, 6) is 2.26. The maximum absolute atomic E-state index is 13.3. The van der Waals surface area contributed by atoms with Crippen LogP contribution in [0.15, 0.2) is 42.5 Å². The van der Waals surface area contributed by atoms with E-state index in [-0.39, 0.29) is 11.5 Å². The summed E-state index contributed by atoms with van der Waals surface area (Å²) in [7, 11) is 0. The first-order chi connectivity index (χ1) is 17.8. The molecule has 0 radical (unpaired) electrons. The van der Waals surface area contributed by atoms with Gasteiger partial charge >= 0.3 is 0 Å². The summed E-state index contributed by atoms with van der Waals surface area (Å²) in [5, 5.41) is 9.35. The lowest BCUT2D eigenvalue weighted by Gasteiger charge is -2.56. The van der Waals surface area contributed by atoms with Crippen molar-refractivity contribution in [1.82, 2.24) is 15.1 Å². The fraction of sp³-hybridized carbons (Fsp3) is 0.448. The van der Waals surface area contributed by atoms with Crippen LogP contribution in [-0.4, -0.2) is 34.4 Å². The number of nitrogens with zero attached hydrogens (tertiary/aromatic N) is 2.